The first-order chi connectivity index (χ1) is 22.5. The molecule has 0 aliphatic carbocycles. The van der Waals surface area contributed by atoms with Gasteiger partial charge in [-0.05, 0) is 56.0 Å². The van der Waals surface area contributed by atoms with Gasteiger partial charge in [-0.15, -0.1) is 11.8 Å². The van der Waals surface area contributed by atoms with E-state index in [4.69, 9.17) is 9.47 Å². The monoisotopic (exact) mass is 653 g/mol. The highest BCUT2D eigenvalue weighted by Crippen LogP contribution is 2.43. The Balaban J connectivity index is 1.34. The molecule has 10 nitrogen and oxygen atoms in total. The maximum atomic E-state index is 14.3. The van der Waals surface area contributed by atoms with Crippen molar-refractivity contribution >= 4 is 41.3 Å². The van der Waals surface area contributed by atoms with Crippen LogP contribution in [0.15, 0.2) is 108 Å². The van der Waals surface area contributed by atoms with E-state index in [1.54, 1.807) is 31.7 Å². The lowest BCUT2D eigenvalue weighted by molar-refractivity contribution is -0.670. The molecule has 2 aromatic carbocycles. The number of carbonyl (C=O) groups is 4. The van der Waals surface area contributed by atoms with E-state index >= 15 is 0 Å². The summed E-state index contributed by atoms with van der Waals surface area (Å²) >= 11 is 1.41. The average Bonchev–Trinajstić information content (AvgIpc) is 3.41. The predicted octanol–water partition coefficient (Wildman–Crippen LogP) is 4.57. The van der Waals surface area contributed by atoms with Gasteiger partial charge in [0, 0.05) is 23.9 Å². The van der Waals surface area contributed by atoms with E-state index in [2.05, 4.69) is 5.32 Å². The van der Waals surface area contributed by atoms with Crippen LogP contribution < -0.4 is 14.8 Å². The number of esters is 1. The summed E-state index contributed by atoms with van der Waals surface area (Å²) in [4.78, 5) is 57.2. The fourth-order valence-electron chi connectivity index (χ4n) is 5.86. The van der Waals surface area contributed by atoms with Crippen molar-refractivity contribution in [3.8, 4) is 0 Å². The lowest BCUT2D eigenvalue weighted by Gasteiger charge is -2.49. The summed E-state index contributed by atoms with van der Waals surface area (Å²) in [6.45, 7) is 5.72. The summed E-state index contributed by atoms with van der Waals surface area (Å²) in [5.41, 5.74) is 2.70. The van der Waals surface area contributed by atoms with E-state index in [1.165, 1.54) is 16.7 Å². The second kappa shape index (κ2) is 13.1. The van der Waals surface area contributed by atoms with Crippen LogP contribution in [0.3, 0.4) is 0 Å². The van der Waals surface area contributed by atoms with Gasteiger partial charge in [0.05, 0.1) is 0 Å². The molecule has 242 valence electrons. The van der Waals surface area contributed by atoms with Gasteiger partial charge >= 0.3 is 12.1 Å². The first kappa shape index (κ1) is 32.1. The molecule has 3 aliphatic heterocycles. The Morgan fingerprint density at radius 3 is 2.28 bits per heavy atom. The van der Waals surface area contributed by atoms with Crippen LogP contribution in [0.25, 0.3) is 0 Å². The van der Waals surface area contributed by atoms with Crippen molar-refractivity contribution in [2.75, 3.05) is 17.2 Å². The van der Waals surface area contributed by atoms with Crippen molar-refractivity contribution in [2.24, 2.45) is 7.05 Å². The average molecular weight is 654 g/mol. The molecule has 0 saturated carbocycles. The van der Waals surface area contributed by atoms with Crippen LogP contribution in [0.1, 0.15) is 44.4 Å². The van der Waals surface area contributed by atoms with E-state index in [0.29, 0.717) is 29.9 Å². The number of aromatic nitrogens is 1. The Hall–Kier alpha value is -4.90. The van der Waals surface area contributed by atoms with Gasteiger partial charge in [-0.2, -0.15) is 0 Å². The highest BCUT2D eigenvalue weighted by molar-refractivity contribution is 8.00. The zero-order valence-corrected chi connectivity index (χ0v) is 27.5. The molecular weight excluding hydrogens is 616 g/mol. The van der Waals surface area contributed by atoms with Crippen LogP contribution in [0.5, 0.6) is 0 Å². The third kappa shape index (κ3) is 6.80. The van der Waals surface area contributed by atoms with Crippen LogP contribution in [0.2, 0.25) is 0 Å². The lowest BCUT2D eigenvalue weighted by Crippen LogP contribution is -2.70. The van der Waals surface area contributed by atoms with Crippen LogP contribution in [0.4, 0.5) is 10.5 Å². The number of carbonyl (C=O) groups excluding carboxylic acids is 4. The summed E-state index contributed by atoms with van der Waals surface area (Å²) in [6, 6.07) is 21.7. The van der Waals surface area contributed by atoms with E-state index in [-0.39, 0.29) is 11.6 Å². The van der Waals surface area contributed by atoms with Gasteiger partial charge in [-0.1, -0.05) is 60.7 Å². The summed E-state index contributed by atoms with van der Waals surface area (Å²) in [6.07, 6.45) is 4.53. The fourth-order valence-corrected chi connectivity index (χ4v) is 7.17. The standard InChI is InChI=1S/C36H36N4O6S/c1-36(2,3)46-35(44)37-28-32(42)40-29(34(43)45-30(23-12-7-5-8-13-23)24-14-9-6-10-15-24)26(22-47-33(28)40)20-25-17-19-39(31(25)41)27-16-11-18-38(4)21-27/h5-16,18,20-21,28,30,33H,17,19,22H2,1-4H3/p+1. The van der Waals surface area contributed by atoms with E-state index in [0.717, 1.165) is 16.8 Å². The molecule has 2 fully saturated rings. The number of anilines is 1. The highest BCUT2D eigenvalue weighted by atomic mass is 32.2. The number of benzene rings is 2. The second-order valence-electron chi connectivity index (χ2n) is 12.6. The van der Waals surface area contributed by atoms with Crippen molar-refractivity contribution < 1.29 is 33.2 Å². The van der Waals surface area contributed by atoms with Crippen LogP contribution in [-0.2, 0) is 30.9 Å². The quantitative estimate of drug-likeness (QED) is 0.172. The summed E-state index contributed by atoms with van der Waals surface area (Å²) in [5, 5.41) is 2.12. The molecule has 2 atom stereocenters. The minimum Gasteiger partial charge on any atom is -0.448 e. The first-order valence-electron chi connectivity index (χ1n) is 15.5. The molecule has 2 saturated heterocycles. The van der Waals surface area contributed by atoms with Crippen molar-refractivity contribution in [3.05, 3.63) is 119 Å². The number of rotatable bonds is 7. The number of aryl methyl sites for hydroxylation is 1. The molecule has 0 spiro atoms. The van der Waals surface area contributed by atoms with Gasteiger partial charge in [0.15, 0.2) is 18.5 Å². The van der Waals surface area contributed by atoms with Gasteiger partial charge < -0.3 is 19.7 Å². The zero-order chi connectivity index (χ0) is 33.3. The van der Waals surface area contributed by atoms with Gasteiger partial charge in [-0.3, -0.25) is 14.5 Å². The third-order valence-corrected chi connectivity index (χ3v) is 9.30. The maximum absolute atomic E-state index is 14.3. The zero-order valence-electron chi connectivity index (χ0n) is 26.7. The van der Waals surface area contributed by atoms with E-state index in [1.807, 2.05) is 96.8 Å². The molecule has 0 radical (unpaired) electrons. The Morgan fingerprint density at radius 1 is 1.00 bits per heavy atom. The molecule has 0 bridgehead atoms. The van der Waals surface area contributed by atoms with Gasteiger partial charge in [-0.25, -0.2) is 14.2 Å². The molecule has 3 aliphatic rings. The molecule has 47 heavy (non-hydrogen) atoms. The van der Waals surface area contributed by atoms with Gasteiger partial charge in [0.2, 0.25) is 0 Å². The topological polar surface area (TPSA) is 109 Å². The first-order valence-corrected chi connectivity index (χ1v) is 16.5. The van der Waals surface area contributed by atoms with E-state index < -0.39 is 41.1 Å². The number of ether oxygens (including phenoxy) is 2. The number of hydrogen-bond acceptors (Lipinski definition) is 7. The van der Waals surface area contributed by atoms with Crippen molar-refractivity contribution in [2.45, 2.75) is 50.3 Å². The van der Waals surface area contributed by atoms with E-state index in [9.17, 15) is 19.2 Å². The molecule has 1 aromatic heterocycles. The Labute approximate surface area is 278 Å². The normalized spacial score (nSPS) is 20.3. The number of amides is 3. The Morgan fingerprint density at radius 2 is 1.66 bits per heavy atom. The van der Waals surface area contributed by atoms with Crippen molar-refractivity contribution in [1.29, 1.82) is 0 Å². The maximum Gasteiger partial charge on any atom is 0.408 e. The second-order valence-corrected chi connectivity index (χ2v) is 13.7. The number of hydrogen-bond donors (Lipinski definition) is 1. The van der Waals surface area contributed by atoms with Crippen LogP contribution in [-0.4, -0.2) is 58.1 Å². The summed E-state index contributed by atoms with van der Waals surface area (Å²) in [7, 11) is 1.90. The number of thioether (sulfide) groups is 1. The van der Waals surface area contributed by atoms with Crippen LogP contribution in [0, 0.1) is 0 Å². The molecule has 4 heterocycles. The Kier molecular flexibility index (Phi) is 8.92. The molecule has 1 N–H and O–H groups in total. The van der Waals surface area contributed by atoms with Gasteiger partial charge in [0.25, 0.3) is 11.8 Å². The number of β-lactam (4-membered cyclic amide) rings is 1. The van der Waals surface area contributed by atoms with Crippen molar-refractivity contribution in [1.82, 2.24) is 10.2 Å². The predicted molar refractivity (Wildman–Crippen MR) is 177 cm³/mol. The molecule has 3 aromatic rings. The number of nitrogens with zero attached hydrogens (tertiary/aromatic N) is 3. The Bertz CT molecular complexity index is 1730. The number of fused-ring (bicyclic) bond motifs is 1. The number of allylic oxidation sites excluding steroid dienone is 1. The highest BCUT2D eigenvalue weighted by Gasteiger charge is 2.55. The molecular formula is C36H37N4O6S+. The summed E-state index contributed by atoms with van der Waals surface area (Å²) in [5.74, 6) is -0.984. The molecule has 11 heteroatoms. The smallest absolute Gasteiger partial charge is 0.408 e. The van der Waals surface area contributed by atoms with Crippen LogP contribution >= 0.6 is 11.8 Å². The largest absolute Gasteiger partial charge is 0.448 e. The minimum absolute atomic E-state index is 0.0720. The van der Waals surface area contributed by atoms with Crippen molar-refractivity contribution in [3.63, 3.8) is 0 Å². The number of nitrogens with one attached hydrogen (secondary N) is 1. The SMILES string of the molecule is C[n+]1cccc(N2CCC(=CC3=C(C(=O)OC(c4ccccc4)c4ccccc4)N4C(=O)C(NC(=O)OC(C)(C)C)C4SC3)C2=O)c1. The fraction of sp³-hybridized carbons (Fsp3) is 0.306. The molecule has 6 rings (SSSR count). The lowest BCUT2D eigenvalue weighted by atomic mass is 10.00. The number of pyridine rings is 1. The minimum atomic E-state index is -0.881. The molecule has 3 amide bonds. The third-order valence-electron chi connectivity index (χ3n) is 8.00. The molecule has 2 unspecified atom stereocenters. The number of alkyl carbamates (subject to hydrolysis) is 1. The van der Waals surface area contributed by atoms with Gasteiger partial charge in [0.1, 0.15) is 35.4 Å². The summed E-state index contributed by atoms with van der Waals surface area (Å²) < 4.78 is 13.5.